The van der Waals surface area contributed by atoms with Crippen LogP contribution in [0.3, 0.4) is 0 Å². The van der Waals surface area contributed by atoms with Gasteiger partial charge in [0.25, 0.3) is 0 Å². The summed E-state index contributed by atoms with van der Waals surface area (Å²) in [6.45, 7) is 0.195. The molecule has 0 aliphatic rings. The van der Waals surface area contributed by atoms with Gasteiger partial charge in [-0.15, -0.1) is 0 Å². The lowest BCUT2D eigenvalue weighted by Crippen LogP contribution is -2.52. The van der Waals surface area contributed by atoms with Gasteiger partial charge in [0.05, 0.1) is 6.33 Å². The third-order valence-corrected chi connectivity index (χ3v) is 6.06. The van der Waals surface area contributed by atoms with Crippen molar-refractivity contribution in [3.63, 3.8) is 0 Å². The first-order valence-corrected chi connectivity index (χ1v) is 12.8. The van der Waals surface area contributed by atoms with Crippen LogP contribution >= 0.6 is 0 Å². The molecule has 0 radical (unpaired) electrons. The number of carboxylic acids is 1. The number of aliphatic carboxylic acids is 1. The summed E-state index contributed by atoms with van der Waals surface area (Å²) < 4.78 is 5.82. The largest absolute Gasteiger partial charge is 0.489 e. The number of rotatable bonds is 13. The summed E-state index contributed by atoms with van der Waals surface area (Å²) in [6, 6.07) is 24.7. The number of benzene rings is 3. The highest BCUT2D eigenvalue weighted by Gasteiger charge is 2.28. The van der Waals surface area contributed by atoms with Gasteiger partial charge in [-0.1, -0.05) is 72.8 Å². The SMILES string of the molecule is O=C(O)CN(Cc1ccc(OCc2ccccc2)cc1)C(=O)C(Cc1cnc[nH]1)NC(=O)NCc1ccccc1. The average molecular weight is 542 g/mol. The quantitative estimate of drug-likeness (QED) is 0.205. The highest BCUT2D eigenvalue weighted by atomic mass is 16.5. The van der Waals surface area contributed by atoms with E-state index in [9.17, 15) is 19.5 Å². The van der Waals surface area contributed by atoms with E-state index in [1.54, 1.807) is 30.5 Å². The minimum absolute atomic E-state index is 0.0386. The standard InChI is InChI=1S/C30H31N5O5/c36-28(37)19-35(18-23-11-13-26(14-12-23)40-20-24-9-5-2-6-10-24)29(38)27(15-25-17-31-21-33-25)34-30(39)32-16-22-7-3-1-4-8-22/h1-14,17,21,27H,15-16,18-20H2,(H,31,33)(H,36,37)(H2,32,34,39). The van der Waals surface area contributed by atoms with Gasteiger partial charge in [-0.3, -0.25) is 9.59 Å². The van der Waals surface area contributed by atoms with Crippen molar-refractivity contribution in [2.75, 3.05) is 6.54 Å². The van der Waals surface area contributed by atoms with E-state index in [0.29, 0.717) is 18.1 Å². The Bertz CT molecular complexity index is 1360. The number of nitrogens with zero attached hydrogens (tertiary/aromatic N) is 2. The zero-order chi connectivity index (χ0) is 28.2. The number of H-pyrrole nitrogens is 1. The molecule has 4 N–H and O–H groups in total. The Kier molecular flexibility index (Phi) is 9.87. The number of imidazole rings is 1. The van der Waals surface area contributed by atoms with E-state index < -0.39 is 30.5 Å². The molecule has 4 aromatic rings. The summed E-state index contributed by atoms with van der Waals surface area (Å²) in [5.74, 6) is -1.04. The van der Waals surface area contributed by atoms with E-state index in [4.69, 9.17) is 4.74 Å². The number of carbonyl (C=O) groups excluding carboxylic acids is 2. The first-order chi connectivity index (χ1) is 19.5. The van der Waals surface area contributed by atoms with Crippen LogP contribution in [0.5, 0.6) is 5.75 Å². The number of urea groups is 1. The molecule has 0 saturated carbocycles. The van der Waals surface area contributed by atoms with Crippen molar-refractivity contribution in [3.05, 3.63) is 120 Å². The molecule has 206 valence electrons. The molecule has 4 rings (SSSR count). The Labute approximate surface area is 232 Å². The van der Waals surface area contributed by atoms with Gasteiger partial charge < -0.3 is 30.4 Å². The molecule has 0 spiro atoms. The van der Waals surface area contributed by atoms with Crippen LogP contribution in [0.2, 0.25) is 0 Å². The lowest BCUT2D eigenvalue weighted by atomic mass is 10.1. The molecule has 0 saturated heterocycles. The topological polar surface area (TPSA) is 137 Å². The first-order valence-electron chi connectivity index (χ1n) is 12.8. The molecule has 1 unspecified atom stereocenters. The minimum Gasteiger partial charge on any atom is -0.489 e. The average Bonchev–Trinajstić information content (AvgIpc) is 3.49. The number of carboxylic acid groups (broad SMARTS) is 1. The fraction of sp³-hybridized carbons (Fsp3) is 0.200. The van der Waals surface area contributed by atoms with Crippen molar-refractivity contribution in [3.8, 4) is 5.75 Å². The van der Waals surface area contributed by atoms with E-state index in [0.717, 1.165) is 16.7 Å². The molecule has 40 heavy (non-hydrogen) atoms. The number of amides is 3. The van der Waals surface area contributed by atoms with Crippen molar-refractivity contribution in [2.24, 2.45) is 0 Å². The van der Waals surface area contributed by atoms with E-state index in [-0.39, 0.29) is 19.5 Å². The fourth-order valence-corrected chi connectivity index (χ4v) is 4.05. The molecule has 0 aliphatic heterocycles. The van der Waals surface area contributed by atoms with Gasteiger partial charge in [-0.25, -0.2) is 9.78 Å². The van der Waals surface area contributed by atoms with Crippen molar-refractivity contribution >= 4 is 17.9 Å². The molecule has 0 bridgehead atoms. The van der Waals surface area contributed by atoms with Gasteiger partial charge in [0, 0.05) is 31.4 Å². The Morgan fingerprint density at radius 2 is 1.57 bits per heavy atom. The van der Waals surface area contributed by atoms with Crippen LogP contribution in [0.25, 0.3) is 0 Å². The molecule has 10 nitrogen and oxygen atoms in total. The second kappa shape index (κ2) is 14.1. The third kappa shape index (κ3) is 8.73. The molecule has 1 atom stereocenters. The Morgan fingerprint density at radius 3 is 2.20 bits per heavy atom. The van der Waals surface area contributed by atoms with Crippen molar-refractivity contribution in [2.45, 2.75) is 32.2 Å². The molecule has 0 aliphatic carbocycles. The molecular weight excluding hydrogens is 510 g/mol. The van der Waals surface area contributed by atoms with Crippen molar-refractivity contribution in [1.82, 2.24) is 25.5 Å². The zero-order valence-corrected chi connectivity index (χ0v) is 21.8. The molecular formula is C30H31N5O5. The van der Waals surface area contributed by atoms with Crippen LogP contribution < -0.4 is 15.4 Å². The van der Waals surface area contributed by atoms with Gasteiger partial charge in [0.2, 0.25) is 5.91 Å². The predicted octanol–water partition coefficient (Wildman–Crippen LogP) is 3.51. The van der Waals surface area contributed by atoms with E-state index in [1.807, 2.05) is 60.7 Å². The van der Waals surface area contributed by atoms with Crippen LogP contribution in [0.4, 0.5) is 4.79 Å². The van der Waals surface area contributed by atoms with Gasteiger partial charge in [0.15, 0.2) is 0 Å². The molecule has 0 fully saturated rings. The Morgan fingerprint density at radius 1 is 0.900 bits per heavy atom. The number of hydrogen-bond donors (Lipinski definition) is 4. The van der Waals surface area contributed by atoms with E-state index >= 15 is 0 Å². The number of hydrogen-bond acceptors (Lipinski definition) is 5. The number of aromatic amines is 1. The minimum atomic E-state index is -1.16. The van der Waals surface area contributed by atoms with Crippen LogP contribution in [-0.2, 0) is 35.7 Å². The summed E-state index contributed by atoms with van der Waals surface area (Å²) in [6.07, 6.45) is 3.14. The normalized spacial score (nSPS) is 11.3. The van der Waals surface area contributed by atoms with E-state index in [2.05, 4.69) is 20.6 Å². The van der Waals surface area contributed by atoms with Crippen LogP contribution in [0, 0.1) is 0 Å². The first kappa shape index (κ1) is 27.9. The molecule has 10 heteroatoms. The second-order valence-electron chi connectivity index (χ2n) is 9.15. The number of carbonyl (C=O) groups is 3. The number of ether oxygens (including phenoxy) is 1. The third-order valence-electron chi connectivity index (χ3n) is 6.06. The fourth-order valence-electron chi connectivity index (χ4n) is 4.05. The Balaban J connectivity index is 1.42. The predicted molar refractivity (Wildman–Crippen MR) is 148 cm³/mol. The molecule has 1 heterocycles. The van der Waals surface area contributed by atoms with Crippen LogP contribution in [0.15, 0.2) is 97.5 Å². The van der Waals surface area contributed by atoms with Crippen molar-refractivity contribution in [1.29, 1.82) is 0 Å². The van der Waals surface area contributed by atoms with Crippen LogP contribution in [0.1, 0.15) is 22.4 Å². The summed E-state index contributed by atoms with van der Waals surface area (Å²) >= 11 is 0. The highest BCUT2D eigenvalue weighted by molar-refractivity contribution is 5.89. The summed E-state index contributed by atoms with van der Waals surface area (Å²) in [5, 5.41) is 15.0. The zero-order valence-electron chi connectivity index (χ0n) is 21.8. The lowest BCUT2D eigenvalue weighted by Gasteiger charge is -2.27. The molecule has 3 aromatic carbocycles. The highest BCUT2D eigenvalue weighted by Crippen LogP contribution is 2.16. The van der Waals surface area contributed by atoms with Gasteiger partial charge in [-0.2, -0.15) is 0 Å². The van der Waals surface area contributed by atoms with Gasteiger partial charge >= 0.3 is 12.0 Å². The summed E-state index contributed by atoms with van der Waals surface area (Å²) in [4.78, 5) is 46.1. The lowest BCUT2D eigenvalue weighted by molar-refractivity contribution is -0.145. The van der Waals surface area contributed by atoms with Crippen molar-refractivity contribution < 1.29 is 24.2 Å². The maximum atomic E-state index is 13.6. The Hall–Kier alpha value is -5.12. The number of nitrogens with one attached hydrogen (secondary N) is 3. The maximum Gasteiger partial charge on any atom is 0.323 e. The van der Waals surface area contributed by atoms with E-state index in [1.165, 1.54) is 11.2 Å². The summed E-state index contributed by atoms with van der Waals surface area (Å²) in [5.41, 5.74) is 3.28. The molecule has 3 amide bonds. The maximum absolute atomic E-state index is 13.6. The molecule has 1 aromatic heterocycles. The van der Waals surface area contributed by atoms with Gasteiger partial charge in [-0.05, 0) is 28.8 Å². The van der Waals surface area contributed by atoms with Gasteiger partial charge in [0.1, 0.15) is 24.9 Å². The monoisotopic (exact) mass is 541 g/mol. The number of aromatic nitrogens is 2. The second-order valence-corrected chi connectivity index (χ2v) is 9.15. The van der Waals surface area contributed by atoms with Crippen LogP contribution in [-0.4, -0.2) is 50.5 Å². The summed E-state index contributed by atoms with van der Waals surface area (Å²) in [7, 11) is 0. The smallest absolute Gasteiger partial charge is 0.323 e.